The lowest BCUT2D eigenvalue weighted by atomic mass is 10.00. The van der Waals surface area contributed by atoms with Crippen LogP contribution in [0.4, 0.5) is 5.69 Å². The van der Waals surface area contributed by atoms with E-state index in [-0.39, 0.29) is 5.75 Å². The predicted octanol–water partition coefficient (Wildman–Crippen LogP) is 2.78. The molecule has 3 rings (SSSR count). The number of methoxy groups -OCH3 is 1. The number of aromatic hydroxyl groups is 1. The van der Waals surface area contributed by atoms with Gasteiger partial charge in [0.15, 0.2) is 0 Å². The number of ether oxygens (including phenoxy) is 1. The number of phenols is 1. The van der Waals surface area contributed by atoms with Crippen LogP contribution in [0.5, 0.6) is 11.5 Å². The number of nitrogen functional groups attached to an aromatic ring is 1. The molecule has 0 unspecified atom stereocenters. The van der Waals surface area contributed by atoms with Crippen LogP contribution in [0.3, 0.4) is 0 Å². The third kappa shape index (κ3) is 2.65. The number of rotatable bonds is 4. The minimum absolute atomic E-state index is 0.175. The van der Waals surface area contributed by atoms with Crippen LogP contribution in [-0.4, -0.2) is 25.1 Å². The van der Waals surface area contributed by atoms with E-state index in [9.17, 15) is 5.11 Å². The molecule has 23 heavy (non-hydrogen) atoms. The second-order valence-electron chi connectivity index (χ2n) is 5.11. The molecular weight excluding hydrogens is 292 g/mol. The van der Waals surface area contributed by atoms with Gasteiger partial charge in [0.2, 0.25) is 0 Å². The van der Waals surface area contributed by atoms with E-state index >= 15 is 0 Å². The number of anilines is 1. The van der Waals surface area contributed by atoms with Gasteiger partial charge in [0, 0.05) is 17.3 Å². The second-order valence-corrected chi connectivity index (χ2v) is 5.11. The van der Waals surface area contributed by atoms with Crippen LogP contribution in [-0.2, 0) is 6.42 Å². The Kier molecular flexibility index (Phi) is 3.79. The fourth-order valence-corrected chi connectivity index (χ4v) is 2.57. The van der Waals surface area contributed by atoms with E-state index in [0.29, 0.717) is 34.6 Å². The summed E-state index contributed by atoms with van der Waals surface area (Å²) in [6.45, 7) is 3.46. The number of hydrogen-bond acceptors (Lipinski definition) is 4. The number of phenolic OH excluding ortho intramolecular Hbond substituents is 1. The zero-order valence-corrected chi connectivity index (χ0v) is 12.7. The van der Waals surface area contributed by atoms with Gasteiger partial charge in [-0.05, 0) is 29.8 Å². The fourth-order valence-electron chi connectivity index (χ4n) is 2.57. The SMILES string of the molecule is C=[N+]=CCc1c(N)cc(OC)cc1-c1cc2c(O)cccc2o1. The molecule has 0 radical (unpaired) electrons. The highest BCUT2D eigenvalue weighted by molar-refractivity contribution is 5.89. The van der Waals surface area contributed by atoms with E-state index < -0.39 is 0 Å². The molecule has 0 saturated carbocycles. The van der Waals surface area contributed by atoms with Gasteiger partial charge in [-0.1, -0.05) is 6.07 Å². The van der Waals surface area contributed by atoms with Crippen LogP contribution in [0.25, 0.3) is 22.3 Å². The number of nitrogens with zero attached hydrogens (tertiary/aromatic N) is 1. The summed E-state index contributed by atoms with van der Waals surface area (Å²) in [4.78, 5) is 0. The number of fused-ring (bicyclic) bond motifs is 1. The van der Waals surface area contributed by atoms with E-state index in [1.807, 2.05) is 6.07 Å². The van der Waals surface area contributed by atoms with Crippen molar-refractivity contribution in [1.29, 1.82) is 0 Å². The topological polar surface area (TPSA) is 82.7 Å². The highest BCUT2D eigenvalue weighted by atomic mass is 16.5. The minimum Gasteiger partial charge on any atom is -0.507 e. The summed E-state index contributed by atoms with van der Waals surface area (Å²) in [6.07, 6.45) is 2.21. The lowest BCUT2D eigenvalue weighted by Crippen LogP contribution is -2.00. The Bertz CT molecular complexity index is 921. The Morgan fingerprint density at radius 1 is 1.35 bits per heavy atom. The van der Waals surface area contributed by atoms with Crippen LogP contribution in [0.15, 0.2) is 40.8 Å². The van der Waals surface area contributed by atoms with E-state index in [2.05, 4.69) is 11.4 Å². The van der Waals surface area contributed by atoms with Gasteiger partial charge in [-0.3, -0.25) is 0 Å². The lowest BCUT2D eigenvalue weighted by Gasteiger charge is -2.10. The summed E-state index contributed by atoms with van der Waals surface area (Å²) in [5, 5.41) is 10.6. The first-order valence-electron chi connectivity index (χ1n) is 7.10. The maximum atomic E-state index is 9.96. The van der Waals surface area contributed by atoms with Gasteiger partial charge < -0.3 is 20.0 Å². The Hall–Kier alpha value is -3.17. The van der Waals surface area contributed by atoms with Crippen LogP contribution in [0.1, 0.15) is 5.56 Å². The molecule has 0 aliphatic rings. The molecule has 0 fully saturated rings. The van der Waals surface area contributed by atoms with Crippen molar-refractivity contribution in [3.8, 4) is 22.8 Å². The molecule has 0 aliphatic heterocycles. The van der Waals surface area contributed by atoms with Crippen LogP contribution >= 0.6 is 0 Å². The maximum Gasteiger partial charge on any atom is 0.272 e. The molecule has 0 atom stereocenters. The Morgan fingerprint density at radius 3 is 2.87 bits per heavy atom. The van der Waals surface area contributed by atoms with Gasteiger partial charge in [0.25, 0.3) is 12.9 Å². The van der Waals surface area contributed by atoms with Gasteiger partial charge in [-0.2, -0.15) is 0 Å². The molecule has 0 bridgehead atoms. The van der Waals surface area contributed by atoms with E-state index in [4.69, 9.17) is 14.9 Å². The van der Waals surface area contributed by atoms with Gasteiger partial charge in [0.1, 0.15) is 22.8 Å². The maximum absolute atomic E-state index is 9.96. The first-order chi connectivity index (χ1) is 11.1. The monoisotopic (exact) mass is 309 g/mol. The molecular formula is C18H17N2O3+. The number of hydrogen-bond donors (Lipinski definition) is 2. The second kappa shape index (κ2) is 5.91. The quantitative estimate of drug-likeness (QED) is 0.441. The van der Waals surface area contributed by atoms with Crippen molar-refractivity contribution in [1.82, 2.24) is 4.67 Å². The molecule has 1 aromatic heterocycles. The average Bonchev–Trinajstić information content (AvgIpc) is 2.98. The Morgan fingerprint density at radius 2 is 2.17 bits per heavy atom. The molecule has 5 heteroatoms. The highest BCUT2D eigenvalue weighted by Crippen LogP contribution is 2.37. The standard InChI is InChI=1S/C18H16N2O3/c1-20-7-6-12-13(8-11(22-2)9-15(12)19)18-10-14-16(21)4-3-5-17(14)23-18/h3-5,7-10H,1,6,19H2,2H3/p+1. The predicted molar refractivity (Wildman–Crippen MR) is 93.3 cm³/mol. The van der Waals surface area contributed by atoms with E-state index in [1.54, 1.807) is 43.7 Å². The zero-order valence-electron chi connectivity index (χ0n) is 12.7. The molecule has 5 nitrogen and oxygen atoms in total. The highest BCUT2D eigenvalue weighted by Gasteiger charge is 2.16. The molecule has 0 aliphatic carbocycles. The van der Waals surface area contributed by atoms with Crippen molar-refractivity contribution in [2.24, 2.45) is 0 Å². The first-order valence-corrected chi connectivity index (χ1v) is 7.10. The first kappa shape index (κ1) is 14.8. The van der Waals surface area contributed by atoms with Crippen LogP contribution in [0, 0.1) is 0 Å². The van der Waals surface area contributed by atoms with Gasteiger partial charge >= 0.3 is 0 Å². The molecule has 3 N–H and O–H groups in total. The Balaban J connectivity index is 2.24. The molecule has 3 aromatic rings. The average molecular weight is 309 g/mol. The van der Waals surface area contributed by atoms with Crippen molar-refractivity contribution in [3.63, 3.8) is 0 Å². The van der Waals surface area contributed by atoms with E-state index in [1.165, 1.54) is 0 Å². The number of benzene rings is 2. The third-order valence-corrected chi connectivity index (χ3v) is 3.72. The van der Waals surface area contributed by atoms with Crippen LogP contribution < -0.4 is 15.1 Å². The van der Waals surface area contributed by atoms with Crippen molar-refractivity contribution < 1.29 is 14.3 Å². The lowest BCUT2D eigenvalue weighted by molar-refractivity contribution is 0.415. The normalized spacial score (nSPS) is 10.5. The number of nitrogens with two attached hydrogens (primary N) is 1. The van der Waals surface area contributed by atoms with Crippen molar-refractivity contribution in [2.45, 2.75) is 6.42 Å². The summed E-state index contributed by atoms with van der Waals surface area (Å²) < 4.78 is 15.0. The summed E-state index contributed by atoms with van der Waals surface area (Å²) in [5.41, 5.74) is 9.02. The van der Waals surface area contributed by atoms with Gasteiger partial charge in [-0.15, -0.1) is 4.67 Å². The number of furan rings is 1. The summed E-state index contributed by atoms with van der Waals surface area (Å²) in [7, 11) is 1.58. The summed E-state index contributed by atoms with van der Waals surface area (Å²) in [5.74, 6) is 1.42. The van der Waals surface area contributed by atoms with E-state index in [0.717, 1.165) is 11.1 Å². The van der Waals surface area contributed by atoms with Crippen LogP contribution in [0.2, 0.25) is 0 Å². The molecule has 116 valence electrons. The van der Waals surface area contributed by atoms with Gasteiger partial charge in [0.05, 0.1) is 18.9 Å². The smallest absolute Gasteiger partial charge is 0.272 e. The van der Waals surface area contributed by atoms with Crippen molar-refractivity contribution in [2.75, 3.05) is 12.8 Å². The summed E-state index contributed by atoms with van der Waals surface area (Å²) >= 11 is 0. The molecule has 0 spiro atoms. The molecule has 1 heterocycles. The zero-order chi connectivity index (χ0) is 16.4. The Labute approximate surface area is 133 Å². The molecule has 2 aromatic carbocycles. The van der Waals surface area contributed by atoms with Gasteiger partial charge in [-0.25, -0.2) is 0 Å². The van der Waals surface area contributed by atoms with Crippen molar-refractivity contribution in [3.05, 3.63) is 42.0 Å². The summed E-state index contributed by atoms with van der Waals surface area (Å²) in [6, 6.07) is 10.6. The fraction of sp³-hybridized carbons (Fsp3) is 0.111. The minimum atomic E-state index is 0.175. The largest absolute Gasteiger partial charge is 0.507 e. The molecule has 0 saturated heterocycles. The third-order valence-electron chi connectivity index (χ3n) is 3.72. The molecule has 0 amide bonds. The van der Waals surface area contributed by atoms with Crippen molar-refractivity contribution >= 4 is 29.6 Å².